The van der Waals surface area contributed by atoms with E-state index in [1.54, 1.807) is 12.1 Å². The van der Waals surface area contributed by atoms with E-state index < -0.39 is 17.8 Å². The largest absolute Gasteiger partial charge is 0.495 e. The topological polar surface area (TPSA) is 103 Å². The fraction of sp³-hybridized carbons (Fsp3) is 0.286. The molecule has 0 unspecified atom stereocenters. The molecule has 0 aromatic heterocycles. The van der Waals surface area contributed by atoms with Gasteiger partial charge in [-0.05, 0) is 18.6 Å². The molecule has 0 fully saturated rings. The van der Waals surface area contributed by atoms with Crippen molar-refractivity contribution in [1.82, 2.24) is 0 Å². The Balaban J connectivity index is 2.14. The van der Waals surface area contributed by atoms with Crippen LogP contribution in [0.3, 0.4) is 0 Å². The molecular weight excluding hydrogens is 412 g/mol. The fourth-order valence-electron chi connectivity index (χ4n) is 2.47. The Labute approximate surface area is 179 Å². The summed E-state index contributed by atoms with van der Waals surface area (Å²) < 4.78 is 15.5. The summed E-state index contributed by atoms with van der Waals surface area (Å²) in [5, 5.41) is 5.16. The number of nitrogens with one attached hydrogen (secondary N) is 2. The van der Waals surface area contributed by atoms with E-state index in [4.69, 9.17) is 25.8 Å². The number of para-hydroxylation sites is 1. The number of carbonyl (C=O) groups excluding carboxylic acids is 3. The number of halogens is 1. The van der Waals surface area contributed by atoms with Crippen molar-refractivity contribution in [3.8, 4) is 11.5 Å². The average Bonchev–Trinajstić information content (AvgIpc) is 2.74. The standard InChI is InChI=1S/C21H23ClN2O6/c1-4-5-10-30-21(27)13-8-6-7-9-15(13)23-19(25)20(26)24-16-12-17(28-2)14(22)11-18(16)29-3/h6-9,11-12H,4-5,10H2,1-3H3,(H,23,25)(H,24,26). The minimum absolute atomic E-state index is 0.153. The molecule has 0 heterocycles. The van der Waals surface area contributed by atoms with Crippen LogP contribution >= 0.6 is 11.6 Å². The molecule has 0 saturated heterocycles. The second kappa shape index (κ2) is 11.1. The number of amides is 2. The molecule has 0 aliphatic heterocycles. The van der Waals surface area contributed by atoms with Gasteiger partial charge >= 0.3 is 17.8 Å². The molecule has 0 bridgehead atoms. The Kier molecular flexibility index (Phi) is 8.49. The third-order valence-electron chi connectivity index (χ3n) is 4.05. The molecule has 0 aliphatic carbocycles. The maximum absolute atomic E-state index is 12.4. The van der Waals surface area contributed by atoms with Crippen LogP contribution in [0.4, 0.5) is 11.4 Å². The number of hydrogen-bond donors (Lipinski definition) is 2. The smallest absolute Gasteiger partial charge is 0.340 e. The fourth-order valence-corrected chi connectivity index (χ4v) is 2.70. The van der Waals surface area contributed by atoms with Gasteiger partial charge in [-0.1, -0.05) is 37.1 Å². The monoisotopic (exact) mass is 434 g/mol. The van der Waals surface area contributed by atoms with E-state index in [-0.39, 0.29) is 34.3 Å². The molecule has 0 saturated carbocycles. The third-order valence-corrected chi connectivity index (χ3v) is 4.35. The lowest BCUT2D eigenvalue weighted by Crippen LogP contribution is -2.30. The van der Waals surface area contributed by atoms with Gasteiger partial charge in [0.25, 0.3) is 0 Å². The van der Waals surface area contributed by atoms with Crippen LogP contribution in [0.5, 0.6) is 11.5 Å². The van der Waals surface area contributed by atoms with Crippen LogP contribution in [0, 0.1) is 0 Å². The summed E-state index contributed by atoms with van der Waals surface area (Å²) in [7, 11) is 2.82. The lowest BCUT2D eigenvalue weighted by Gasteiger charge is -2.14. The minimum Gasteiger partial charge on any atom is -0.495 e. The SMILES string of the molecule is CCCCOC(=O)c1ccccc1NC(=O)C(=O)Nc1cc(OC)c(Cl)cc1OC. The summed E-state index contributed by atoms with van der Waals surface area (Å²) in [6, 6.07) is 9.17. The summed E-state index contributed by atoms with van der Waals surface area (Å²) >= 11 is 6.04. The van der Waals surface area contributed by atoms with Crippen LogP contribution in [-0.4, -0.2) is 38.6 Å². The molecule has 8 nitrogen and oxygen atoms in total. The quantitative estimate of drug-likeness (QED) is 0.371. The molecule has 30 heavy (non-hydrogen) atoms. The van der Waals surface area contributed by atoms with Gasteiger partial charge < -0.3 is 24.8 Å². The first-order chi connectivity index (χ1) is 14.4. The van der Waals surface area contributed by atoms with Gasteiger partial charge in [0.15, 0.2) is 0 Å². The molecule has 0 aliphatic rings. The van der Waals surface area contributed by atoms with Gasteiger partial charge in [0.1, 0.15) is 11.5 Å². The lowest BCUT2D eigenvalue weighted by atomic mass is 10.1. The highest BCUT2D eigenvalue weighted by molar-refractivity contribution is 6.44. The predicted octanol–water partition coefficient (Wildman–Crippen LogP) is 3.89. The molecule has 2 amide bonds. The van der Waals surface area contributed by atoms with E-state index in [9.17, 15) is 14.4 Å². The number of hydrogen-bond acceptors (Lipinski definition) is 6. The Hall–Kier alpha value is -3.26. The second-order valence-electron chi connectivity index (χ2n) is 6.13. The lowest BCUT2D eigenvalue weighted by molar-refractivity contribution is -0.133. The number of esters is 1. The minimum atomic E-state index is -0.972. The van der Waals surface area contributed by atoms with Gasteiger partial charge in [-0.2, -0.15) is 0 Å². The maximum Gasteiger partial charge on any atom is 0.340 e. The first-order valence-corrected chi connectivity index (χ1v) is 9.59. The van der Waals surface area contributed by atoms with Gasteiger partial charge in [0, 0.05) is 12.1 Å². The molecular formula is C21H23ClN2O6. The molecule has 9 heteroatoms. The van der Waals surface area contributed by atoms with Crippen molar-refractivity contribution in [3.05, 3.63) is 47.0 Å². The van der Waals surface area contributed by atoms with Gasteiger partial charge in [0.05, 0.1) is 42.8 Å². The van der Waals surface area contributed by atoms with Crippen LogP contribution in [-0.2, 0) is 14.3 Å². The van der Waals surface area contributed by atoms with Crippen LogP contribution in [0.25, 0.3) is 0 Å². The van der Waals surface area contributed by atoms with Gasteiger partial charge in [0.2, 0.25) is 0 Å². The van der Waals surface area contributed by atoms with Crippen molar-refractivity contribution in [2.45, 2.75) is 19.8 Å². The van der Waals surface area contributed by atoms with Crippen molar-refractivity contribution in [1.29, 1.82) is 0 Å². The van der Waals surface area contributed by atoms with E-state index in [1.807, 2.05) is 6.92 Å². The zero-order chi connectivity index (χ0) is 22.1. The Morgan fingerprint density at radius 3 is 2.20 bits per heavy atom. The van der Waals surface area contributed by atoms with Gasteiger partial charge in [-0.25, -0.2) is 4.79 Å². The average molecular weight is 435 g/mol. The van der Waals surface area contributed by atoms with Crippen LogP contribution < -0.4 is 20.1 Å². The molecule has 0 radical (unpaired) electrons. The Morgan fingerprint density at radius 1 is 0.933 bits per heavy atom. The molecule has 2 rings (SSSR count). The third kappa shape index (κ3) is 5.87. The molecule has 160 valence electrons. The summed E-state index contributed by atoms with van der Waals surface area (Å²) in [6.07, 6.45) is 1.61. The highest BCUT2D eigenvalue weighted by atomic mass is 35.5. The Morgan fingerprint density at radius 2 is 1.57 bits per heavy atom. The zero-order valence-corrected chi connectivity index (χ0v) is 17.7. The molecule has 0 atom stereocenters. The number of benzene rings is 2. The molecule has 2 N–H and O–H groups in total. The Bertz CT molecular complexity index is 932. The van der Waals surface area contributed by atoms with E-state index in [0.29, 0.717) is 5.75 Å². The molecule has 2 aromatic rings. The highest BCUT2D eigenvalue weighted by Crippen LogP contribution is 2.35. The van der Waals surface area contributed by atoms with Crippen molar-refractivity contribution in [2.24, 2.45) is 0 Å². The van der Waals surface area contributed by atoms with Gasteiger partial charge in [-0.15, -0.1) is 0 Å². The predicted molar refractivity (Wildman–Crippen MR) is 113 cm³/mol. The van der Waals surface area contributed by atoms with Crippen molar-refractivity contribution in [2.75, 3.05) is 31.5 Å². The summed E-state index contributed by atoms with van der Waals surface area (Å²) in [6.45, 7) is 2.25. The van der Waals surface area contributed by atoms with E-state index in [1.165, 1.54) is 38.5 Å². The van der Waals surface area contributed by atoms with Crippen molar-refractivity contribution in [3.63, 3.8) is 0 Å². The first-order valence-electron chi connectivity index (χ1n) is 9.21. The van der Waals surface area contributed by atoms with E-state index >= 15 is 0 Å². The number of methoxy groups -OCH3 is 2. The van der Waals surface area contributed by atoms with Crippen LogP contribution in [0.15, 0.2) is 36.4 Å². The van der Waals surface area contributed by atoms with Gasteiger partial charge in [-0.3, -0.25) is 9.59 Å². The van der Waals surface area contributed by atoms with Crippen molar-refractivity contribution < 1.29 is 28.6 Å². The highest BCUT2D eigenvalue weighted by Gasteiger charge is 2.21. The number of rotatable bonds is 8. The summed E-state index contributed by atoms with van der Waals surface area (Å²) in [5.41, 5.74) is 0.520. The van der Waals surface area contributed by atoms with Crippen molar-refractivity contribution >= 4 is 40.8 Å². The second-order valence-corrected chi connectivity index (χ2v) is 6.54. The number of anilines is 2. The van der Waals surface area contributed by atoms with E-state index in [2.05, 4.69) is 10.6 Å². The number of ether oxygens (including phenoxy) is 3. The molecule has 2 aromatic carbocycles. The summed E-state index contributed by atoms with van der Waals surface area (Å²) in [5.74, 6) is -1.97. The zero-order valence-electron chi connectivity index (χ0n) is 16.9. The first kappa shape index (κ1) is 23.0. The van der Waals surface area contributed by atoms with Crippen LogP contribution in [0.2, 0.25) is 5.02 Å². The summed E-state index contributed by atoms with van der Waals surface area (Å²) in [4.78, 5) is 37.0. The van der Waals surface area contributed by atoms with E-state index in [0.717, 1.165) is 12.8 Å². The normalized spacial score (nSPS) is 10.1. The number of carbonyl (C=O) groups is 3. The number of unbranched alkanes of at least 4 members (excludes halogenated alkanes) is 1. The maximum atomic E-state index is 12.4. The van der Waals surface area contributed by atoms with Crippen LogP contribution in [0.1, 0.15) is 30.1 Å². The molecule has 0 spiro atoms.